The van der Waals surface area contributed by atoms with Gasteiger partial charge in [-0.3, -0.25) is 15.1 Å². The van der Waals surface area contributed by atoms with Gasteiger partial charge in [-0.1, -0.05) is 23.2 Å². The van der Waals surface area contributed by atoms with Crippen molar-refractivity contribution in [2.45, 2.75) is 0 Å². The second-order valence-corrected chi connectivity index (χ2v) is 7.51. The van der Waals surface area contributed by atoms with Crippen molar-refractivity contribution in [1.29, 1.82) is 0 Å². The molecule has 0 N–H and O–H groups in total. The van der Waals surface area contributed by atoms with Crippen LogP contribution in [-0.2, 0) is 0 Å². The fourth-order valence-electron chi connectivity index (χ4n) is 2.77. The zero-order valence-electron chi connectivity index (χ0n) is 14.8. The predicted octanol–water partition coefficient (Wildman–Crippen LogP) is 4.57. The quantitative estimate of drug-likeness (QED) is 0.330. The lowest BCUT2D eigenvalue weighted by atomic mass is 10.1. The first kappa shape index (κ1) is 19.4. The SMILES string of the molecule is CN=c1scc(-c2ccc(Cl)cc2Cl)n1N=Cc1cc2c(cc1[N+](=O)[O-])OCO2. The number of hydrogen-bond acceptors (Lipinski definition) is 7. The van der Waals surface area contributed by atoms with E-state index >= 15 is 0 Å². The maximum atomic E-state index is 11.5. The number of rotatable bonds is 4. The number of nitro groups is 1. The van der Waals surface area contributed by atoms with E-state index in [1.165, 1.54) is 29.7 Å². The minimum atomic E-state index is -0.496. The van der Waals surface area contributed by atoms with E-state index in [4.69, 9.17) is 32.7 Å². The van der Waals surface area contributed by atoms with Gasteiger partial charge in [0.2, 0.25) is 11.6 Å². The molecule has 0 aliphatic carbocycles. The average molecular weight is 451 g/mol. The molecule has 0 unspecified atom stereocenters. The Bertz CT molecular complexity index is 1220. The molecule has 1 aromatic heterocycles. The molecule has 0 radical (unpaired) electrons. The molecule has 0 spiro atoms. The van der Waals surface area contributed by atoms with E-state index in [1.54, 1.807) is 29.9 Å². The zero-order valence-corrected chi connectivity index (χ0v) is 17.2. The number of fused-ring (bicyclic) bond motifs is 1. The lowest BCUT2D eigenvalue weighted by Gasteiger charge is -2.06. The maximum Gasteiger partial charge on any atom is 0.282 e. The summed E-state index contributed by atoms with van der Waals surface area (Å²) < 4.78 is 12.1. The topological polar surface area (TPSA) is 91.2 Å². The van der Waals surface area contributed by atoms with E-state index in [1.807, 2.05) is 5.38 Å². The number of thiazole rings is 1. The Morgan fingerprint density at radius 1 is 1.24 bits per heavy atom. The van der Waals surface area contributed by atoms with Crippen molar-refractivity contribution in [1.82, 2.24) is 4.68 Å². The van der Waals surface area contributed by atoms with Crippen molar-refractivity contribution < 1.29 is 14.4 Å². The first-order valence-corrected chi connectivity index (χ1v) is 9.82. The Labute approximate surface area is 178 Å². The van der Waals surface area contributed by atoms with Gasteiger partial charge in [-0.25, -0.2) is 4.68 Å². The number of hydrogen-bond donors (Lipinski definition) is 0. The van der Waals surface area contributed by atoms with Crippen LogP contribution in [0.25, 0.3) is 11.3 Å². The molecule has 0 amide bonds. The molecule has 148 valence electrons. The number of aromatic nitrogens is 1. The number of nitrogens with zero attached hydrogens (tertiary/aromatic N) is 4. The van der Waals surface area contributed by atoms with Gasteiger partial charge in [-0.15, -0.1) is 11.3 Å². The normalized spacial score (nSPS) is 13.4. The second-order valence-electron chi connectivity index (χ2n) is 5.83. The summed E-state index contributed by atoms with van der Waals surface area (Å²) in [4.78, 5) is 15.8. The first-order chi connectivity index (χ1) is 14.0. The largest absolute Gasteiger partial charge is 0.454 e. The van der Waals surface area contributed by atoms with E-state index in [9.17, 15) is 10.1 Å². The molecule has 0 fully saturated rings. The molecule has 1 aliphatic rings. The highest BCUT2D eigenvalue weighted by molar-refractivity contribution is 7.07. The van der Waals surface area contributed by atoms with Crippen molar-refractivity contribution in [3.8, 4) is 22.8 Å². The fraction of sp³-hybridized carbons (Fsp3) is 0.111. The molecular weight excluding hydrogens is 439 g/mol. The monoisotopic (exact) mass is 450 g/mol. The van der Waals surface area contributed by atoms with Gasteiger partial charge < -0.3 is 9.47 Å². The minimum absolute atomic E-state index is 0.0183. The molecular formula is C18H12Cl2N4O4S. The van der Waals surface area contributed by atoms with Gasteiger partial charge in [0.05, 0.1) is 33.5 Å². The summed E-state index contributed by atoms with van der Waals surface area (Å²) in [6.07, 6.45) is 1.38. The molecule has 0 atom stereocenters. The van der Waals surface area contributed by atoms with Crippen molar-refractivity contribution in [3.05, 3.63) is 66.2 Å². The van der Waals surface area contributed by atoms with Crippen LogP contribution in [0.3, 0.4) is 0 Å². The Balaban J connectivity index is 1.82. The third kappa shape index (κ3) is 3.71. The van der Waals surface area contributed by atoms with E-state index < -0.39 is 4.92 Å². The second kappa shape index (κ2) is 7.86. The van der Waals surface area contributed by atoms with Crippen molar-refractivity contribution in [2.75, 3.05) is 13.8 Å². The van der Waals surface area contributed by atoms with Gasteiger partial charge in [0.25, 0.3) is 5.69 Å². The molecule has 4 rings (SSSR count). The molecule has 2 aromatic carbocycles. The van der Waals surface area contributed by atoms with Crippen molar-refractivity contribution in [2.24, 2.45) is 10.1 Å². The predicted molar refractivity (Wildman–Crippen MR) is 111 cm³/mol. The standard InChI is InChI=1S/C18H12Cl2N4O4S/c1-21-18-23(15(8-29-18)12-3-2-11(19)5-13(12)20)22-7-10-4-16-17(28-9-27-16)6-14(10)24(25)26/h2-8H,9H2,1H3. The van der Waals surface area contributed by atoms with Crippen LogP contribution in [0, 0.1) is 10.1 Å². The highest BCUT2D eigenvalue weighted by atomic mass is 35.5. The summed E-state index contributed by atoms with van der Waals surface area (Å²) in [7, 11) is 1.63. The molecule has 0 bridgehead atoms. The van der Waals surface area contributed by atoms with Gasteiger partial charge in [-0.05, 0) is 24.3 Å². The summed E-state index contributed by atoms with van der Waals surface area (Å²) in [6.45, 7) is 0.0183. The van der Waals surface area contributed by atoms with E-state index in [0.717, 1.165) is 0 Å². The highest BCUT2D eigenvalue weighted by Gasteiger charge is 2.22. The Kier molecular flexibility index (Phi) is 5.27. The van der Waals surface area contributed by atoms with Gasteiger partial charge in [0.15, 0.2) is 11.5 Å². The molecule has 8 nitrogen and oxygen atoms in total. The fourth-order valence-corrected chi connectivity index (χ4v) is 4.07. The average Bonchev–Trinajstić information content (AvgIpc) is 3.31. The van der Waals surface area contributed by atoms with E-state index in [2.05, 4.69) is 10.1 Å². The molecule has 3 aromatic rings. The number of ether oxygens (including phenoxy) is 2. The van der Waals surface area contributed by atoms with Crippen LogP contribution in [-0.4, -0.2) is 29.7 Å². The van der Waals surface area contributed by atoms with Crippen LogP contribution >= 0.6 is 34.5 Å². The van der Waals surface area contributed by atoms with Gasteiger partial charge in [-0.2, -0.15) is 5.10 Å². The summed E-state index contributed by atoms with van der Waals surface area (Å²) in [5.74, 6) is 0.753. The Morgan fingerprint density at radius 3 is 2.69 bits per heavy atom. The first-order valence-electron chi connectivity index (χ1n) is 8.19. The Hall–Kier alpha value is -2.88. The molecule has 2 heterocycles. The molecule has 11 heteroatoms. The lowest BCUT2D eigenvalue weighted by molar-refractivity contribution is -0.385. The number of nitro benzene ring substituents is 1. The van der Waals surface area contributed by atoms with Crippen molar-refractivity contribution >= 4 is 46.4 Å². The summed E-state index contributed by atoms with van der Waals surface area (Å²) in [6, 6.07) is 7.98. The van der Waals surface area contributed by atoms with E-state index in [0.29, 0.717) is 37.6 Å². The molecule has 1 aliphatic heterocycles. The lowest BCUT2D eigenvalue weighted by Crippen LogP contribution is -2.11. The van der Waals surface area contributed by atoms with E-state index in [-0.39, 0.29) is 18.0 Å². The maximum absolute atomic E-state index is 11.5. The summed E-state index contributed by atoms with van der Waals surface area (Å²) in [5.41, 5.74) is 1.51. The molecule has 0 saturated heterocycles. The molecule has 29 heavy (non-hydrogen) atoms. The Morgan fingerprint density at radius 2 is 2.00 bits per heavy atom. The van der Waals surface area contributed by atoms with Crippen LogP contribution in [0.4, 0.5) is 5.69 Å². The summed E-state index contributed by atoms with van der Waals surface area (Å²) >= 11 is 13.7. The van der Waals surface area contributed by atoms with Crippen LogP contribution in [0.2, 0.25) is 10.0 Å². The van der Waals surface area contributed by atoms with Crippen LogP contribution in [0.5, 0.6) is 11.5 Å². The van der Waals surface area contributed by atoms with Crippen LogP contribution < -0.4 is 14.3 Å². The van der Waals surface area contributed by atoms with Gasteiger partial charge in [0.1, 0.15) is 0 Å². The third-order valence-corrected chi connectivity index (χ3v) is 5.57. The summed E-state index contributed by atoms with van der Waals surface area (Å²) in [5, 5.41) is 18.7. The van der Waals surface area contributed by atoms with Gasteiger partial charge >= 0.3 is 0 Å². The van der Waals surface area contributed by atoms with Gasteiger partial charge in [0, 0.05) is 23.0 Å². The van der Waals surface area contributed by atoms with Crippen LogP contribution in [0.1, 0.15) is 5.56 Å². The molecule has 0 saturated carbocycles. The zero-order chi connectivity index (χ0) is 20.5. The number of benzene rings is 2. The van der Waals surface area contributed by atoms with Crippen molar-refractivity contribution in [3.63, 3.8) is 0 Å². The third-order valence-electron chi connectivity index (χ3n) is 4.11. The minimum Gasteiger partial charge on any atom is -0.454 e. The highest BCUT2D eigenvalue weighted by Crippen LogP contribution is 2.37. The smallest absolute Gasteiger partial charge is 0.282 e. The van der Waals surface area contributed by atoms with Crippen LogP contribution in [0.15, 0.2) is 45.8 Å². The number of halogens is 2.